The normalized spacial score (nSPS) is 13.9. The van der Waals surface area contributed by atoms with Crippen LogP contribution >= 0.6 is 11.3 Å². The van der Waals surface area contributed by atoms with Crippen LogP contribution in [0, 0.1) is 0 Å². The van der Waals surface area contributed by atoms with E-state index in [2.05, 4.69) is 54.7 Å². The molecule has 0 fully saturated rings. The predicted octanol–water partition coefficient (Wildman–Crippen LogP) is 3.98. The number of thiazole rings is 1. The van der Waals surface area contributed by atoms with Gasteiger partial charge in [-0.15, -0.1) is 11.3 Å². The van der Waals surface area contributed by atoms with Crippen molar-refractivity contribution in [3.63, 3.8) is 0 Å². The van der Waals surface area contributed by atoms with Gasteiger partial charge in [0.15, 0.2) is 0 Å². The second kappa shape index (κ2) is 8.38. The molecule has 1 heterocycles. The molecule has 24 heavy (non-hydrogen) atoms. The fourth-order valence-electron chi connectivity index (χ4n) is 2.95. The first kappa shape index (κ1) is 17.1. The van der Waals surface area contributed by atoms with Gasteiger partial charge in [0.2, 0.25) is 0 Å². The standard InChI is InChI=1S/C20H24N2OS/c1-15(13-20-22-18-9-5-6-10-19(18)24-20)21-14-17(11-12-23)16-7-3-2-4-8-16/h2-10,15,17,21,23H,11-14H2,1H3. The molecule has 3 aromatic rings. The molecule has 2 N–H and O–H groups in total. The zero-order chi connectivity index (χ0) is 16.8. The molecular formula is C20H24N2OS. The summed E-state index contributed by atoms with van der Waals surface area (Å²) in [5.41, 5.74) is 2.37. The molecule has 0 bridgehead atoms. The summed E-state index contributed by atoms with van der Waals surface area (Å²) in [6.45, 7) is 3.29. The number of aliphatic hydroxyl groups excluding tert-OH is 1. The first-order valence-corrected chi connectivity index (χ1v) is 9.31. The molecule has 0 amide bonds. The quantitative estimate of drug-likeness (QED) is 0.652. The molecule has 0 aliphatic rings. The maximum absolute atomic E-state index is 9.34. The van der Waals surface area contributed by atoms with Crippen LogP contribution in [0.1, 0.15) is 29.8 Å². The van der Waals surface area contributed by atoms with Crippen molar-refractivity contribution in [2.45, 2.75) is 31.7 Å². The minimum Gasteiger partial charge on any atom is -0.396 e. The van der Waals surface area contributed by atoms with E-state index in [1.165, 1.54) is 15.3 Å². The number of fused-ring (bicyclic) bond motifs is 1. The summed E-state index contributed by atoms with van der Waals surface area (Å²) in [6.07, 6.45) is 1.71. The molecule has 0 spiro atoms. The summed E-state index contributed by atoms with van der Waals surface area (Å²) in [5.74, 6) is 0.342. The number of nitrogens with zero attached hydrogens (tertiary/aromatic N) is 1. The lowest BCUT2D eigenvalue weighted by Crippen LogP contribution is -2.32. The van der Waals surface area contributed by atoms with Gasteiger partial charge in [0.1, 0.15) is 0 Å². The number of rotatable bonds is 8. The Morgan fingerprint density at radius 3 is 2.58 bits per heavy atom. The van der Waals surface area contributed by atoms with Gasteiger partial charge in [-0.05, 0) is 37.0 Å². The summed E-state index contributed by atoms with van der Waals surface area (Å²) in [6, 6.07) is 19.1. The summed E-state index contributed by atoms with van der Waals surface area (Å²) in [7, 11) is 0. The van der Waals surface area contributed by atoms with E-state index in [0.717, 1.165) is 24.9 Å². The summed E-state index contributed by atoms with van der Waals surface area (Å²) < 4.78 is 1.25. The van der Waals surface area contributed by atoms with E-state index < -0.39 is 0 Å². The number of aromatic nitrogens is 1. The fraction of sp³-hybridized carbons (Fsp3) is 0.350. The second-order valence-corrected chi connectivity index (χ2v) is 7.32. The van der Waals surface area contributed by atoms with Gasteiger partial charge in [0.05, 0.1) is 15.2 Å². The van der Waals surface area contributed by atoms with Crippen LogP contribution in [0.25, 0.3) is 10.2 Å². The van der Waals surface area contributed by atoms with E-state index in [-0.39, 0.29) is 6.61 Å². The first-order chi connectivity index (χ1) is 11.8. The molecule has 0 saturated heterocycles. The van der Waals surface area contributed by atoms with Crippen LogP contribution in [0.2, 0.25) is 0 Å². The Hall–Kier alpha value is -1.75. The van der Waals surface area contributed by atoms with Crippen LogP contribution in [0.5, 0.6) is 0 Å². The molecule has 2 aromatic carbocycles. The molecule has 0 saturated carbocycles. The number of nitrogens with one attached hydrogen (secondary N) is 1. The van der Waals surface area contributed by atoms with Crippen molar-refractivity contribution in [3.05, 3.63) is 65.2 Å². The van der Waals surface area contributed by atoms with Gasteiger partial charge in [-0.2, -0.15) is 0 Å². The molecule has 2 atom stereocenters. The number of benzene rings is 2. The Morgan fingerprint density at radius 2 is 1.83 bits per heavy atom. The van der Waals surface area contributed by atoms with Gasteiger partial charge in [-0.3, -0.25) is 0 Å². The monoisotopic (exact) mass is 340 g/mol. The Kier molecular flexibility index (Phi) is 5.96. The molecule has 3 nitrogen and oxygen atoms in total. The Balaban J connectivity index is 1.58. The number of hydrogen-bond donors (Lipinski definition) is 2. The highest BCUT2D eigenvalue weighted by Crippen LogP contribution is 2.23. The fourth-order valence-corrected chi connectivity index (χ4v) is 4.05. The van der Waals surface area contributed by atoms with Crippen molar-refractivity contribution in [1.82, 2.24) is 10.3 Å². The van der Waals surface area contributed by atoms with Gasteiger partial charge in [-0.1, -0.05) is 42.5 Å². The van der Waals surface area contributed by atoms with Crippen LogP contribution in [-0.4, -0.2) is 29.3 Å². The molecule has 3 rings (SSSR count). The molecule has 0 aliphatic carbocycles. The lowest BCUT2D eigenvalue weighted by Gasteiger charge is -2.20. The van der Waals surface area contributed by atoms with Crippen LogP contribution in [-0.2, 0) is 6.42 Å². The van der Waals surface area contributed by atoms with E-state index >= 15 is 0 Å². The number of hydrogen-bond acceptors (Lipinski definition) is 4. The lowest BCUT2D eigenvalue weighted by atomic mass is 9.95. The summed E-state index contributed by atoms with van der Waals surface area (Å²) in [4.78, 5) is 4.71. The smallest absolute Gasteiger partial charge is 0.0954 e. The SMILES string of the molecule is CC(Cc1nc2ccccc2s1)NCC(CCO)c1ccccc1. The molecule has 1 aromatic heterocycles. The maximum atomic E-state index is 9.34. The zero-order valence-electron chi connectivity index (χ0n) is 14.0. The Bertz CT molecular complexity index is 723. The van der Waals surface area contributed by atoms with Crippen molar-refractivity contribution in [3.8, 4) is 0 Å². The number of aliphatic hydroxyl groups is 1. The van der Waals surface area contributed by atoms with E-state index in [1.807, 2.05) is 12.1 Å². The Morgan fingerprint density at radius 1 is 1.08 bits per heavy atom. The van der Waals surface area contributed by atoms with Gasteiger partial charge in [-0.25, -0.2) is 4.98 Å². The average molecular weight is 340 g/mol. The molecule has 4 heteroatoms. The van der Waals surface area contributed by atoms with Crippen molar-refractivity contribution >= 4 is 21.6 Å². The maximum Gasteiger partial charge on any atom is 0.0954 e. The van der Waals surface area contributed by atoms with Gasteiger partial charge < -0.3 is 10.4 Å². The van der Waals surface area contributed by atoms with Crippen LogP contribution in [0.4, 0.5) is 0 Å². The van der Waals surface area contributed by atoms with E-state index in [0.29, 0.717) is 12.0 Å². The first-order valence-electron chi connectivity index (χ1n) is 8.50. The van der Waals surface area contributed by atoms with Gasteiger partial charge >= 0.3 is 0 Å². The van der Waals surface area contributed by atoms with E-state index in [1.54, 1.807) is 11.3 Å². The van der Waals surface area contributed by atoms with Crippen molar-refractivity contribution in [2.24, 2.45) is 0 Å². The highest BCUT2D eigenvalue weighted by Gasteiger charge is 2.13. The van der Waals surface area contributed by atoms with Crippen molar-refractivity contribution in [1.29, 1.82) is 0 Å². The van der Waals surface area contributed by atoms with Crippen molar-refractivity contribution < 1.29 is 5.11 Å². The Labute approximate surface area is 147 Å². The predicted molar refractivity (Wildman–Crippen MR) is 102 cm³/mol. The third-order valence-electron chi connectivity index (χ3n) is 4.28. The van der Waals surface area contributed by atoms with Crippen LogP contribution in [0.15, 0.2) is 54.6 Å². The average Bonchev–Trinajstić information content (AvgIpc) is 3.01. The lowest BCUT2D eigenvalue weighted by molar-refractivity contribution is 0.272. The van der Waals surface area contributed by atoms with Crippen molar-refractivity contribution in [2.75, 3.05) is 13.2 Å². The minimum absolute atomic E-state index is 0.216. The zero-order valence-corrected chi connectivity index (χ0v) is 14.8. The van der Waals surface area contributed by atoms with Crippen LogP contribution in [0.3, 0.4) is 0 Å². The minimum atomic E-state index is 0.216. The van der Waals surface area contributed by atoms with E-state index in [4.69, 9.17) is 4.98 Å². The van der Waals surface area contributed by atoms with E-state index in [9.17, 15) is 5.11 Å². The topological polar surface area (TPSA) is 45.2 Å². The summed E-state index contributed by atoms with van der Waals surface area (Å²) >= 11 is 1.78. The highest BCUT2D eigenvalue weighted by molar-refractivity contribution is 7.18. The van der Waals surface area contributed by atoms with Crippen LogP contribution < -0.4 is 5.32 Å². The molecule has 0 radical (unpaired) electrons. The number of para-hydroxylation sites is 1. The molecular weight excluding hydrogens is 316 g/mol. The molecule has 2 unspecified atom stereocenters. The summed E-state index contributed by atoms with van der Waals surface area (Å²) in [5, 5.41) is 14.1. The van der Waals surface area contributed by atoms with Gasteiger partial charge in [0.25, 0.3) is 0 Å². The second-order valence-electron chi connectivity index (χ2n) is 6.21. The molecule has 126 valence electrons. The third kappa shape index (κ3) is 4.41. The molecule has 0 aliphatic heterocycles. The highest BCUT2D eigenvalue weighted by atomic mass is 32.1. The van der Waals surface area contributed by atoms with Gasteiger partial charge in [0, 0.05) is 25.6 Å². The third-order valence-corrected chi connectivity index (χ3v) is 5.34. The largest absolute Gasteiger partial charge is 0.396 e.